The van der Waals surface area contributed by atoms with Crippen molar-refractivity contribution in [1.82, 2.24) is 20.2 Å². The van der Waals surface area contributed by atoms with E-state index in [1.165, 1.54) is 0 Å². The Bertz CT molecular complexity index is 958. The van der Waals surface area contributed by atoms with Crippen LogP contribution in [-0.4, -0.2) is 26.1 Å². The zero-order valence-corrected chi connectivity index (χ0v) is 14.5. The molecule has 1 aliphatic rings. The molecule has 2 N–H and O–H groups in total. The lowest BCUT2D eigenvalue weighted by Gasteiger charge is -2.27. The first-order chi connectivity index (χ1) is 12.1. The van der Waals surface area contributed by atoms with Gasteiger partial charge in [0.25, 0.3) is 5.91 Å². The van der Waals surface area contributed by atoms with E-state index in [-0.39, 0.29) is 11.9 Å². The Balaban J connectivity index is 1.78. The second-order valence-electron chi connectivity index (χ2n) is 5.80. The highest BCUT2D eigenvalue weighted by atomic mass is 32.1. The number of carbonyl (C=O) groups excluding carboxylic acids is 1. The molecule has 1 atom stereocenters. The van der Waals surface area contributed by atoms with Crippen LogP contribution in [0, 0.1) is 6.92 Å². The molecule has 126 valence electrons. The van der Waals surface area contributed by atoms with E-state index >= 15 is 0 Å². The summed E-state index contributed by atoms with van der Waals surface area (Å²) in [5, 5.41) is 19.9. The van der Waals surface area contributed by atoms with E-state index in [1.54, 1.807) is 16.0 Å². The molecule has 25 heavy (non-hydrogen) atoms. The van der Waals surface area contributed by atoms with Gasteiger partial charge in [-0.25, -0.2) is 0 Å². The van der Waals surface area contributed by atoms with Crippen LogP contribution in [0.25, 0.3) is 0 Å². The Morgan fingerprint density at radius 1 is 1.24 bits per heavy atom. The molecule has 0 unspecified atom stereocenters. The molecule has 0 fully saturated rings. The molecule has 1 aromatic carbocycles. The lowest BCUT2D eigenvalue weighted by atomic mass is 9.99. The van der Waals surface area contributed by atoms with E-state index in [4.69, 9.17) is 0 Å². The maximum absolute atomic E-state index is 13.0. The highest BCUT2D eigenvalue weighted by Crippen LogP contribution is 2.38. The van der Waals surface area contributed by atoms with Crippen LogP contribution < -0.4 is 10.6 Å². The SMILES string of the molecule is CC1=C(C(=O)Nc2ccccc2)[C@@H](c2sccc2C)n2nnnc2N1. The third kappa shape index (κ3) is 2.70. The third-order valence-corrected chi connectivity index (χ3v) is 5.21. The van der Waals surface area contributed by atoms with Gasteiger partial charge in [0.1, 0.15) is 6.04 Å². The number of hydrogen-bond donors (Lipinski definition) is 2. The van der Waals surface area contributed by atoms with E-state index in [0.29, 0.717) is 11.5 Å². The van der Waals surface area contributed by atoms with E-state index in [2.05, 4.69) is 26.2 Å². The third-order valence-electron chi connectivity index (χ3n) is 4.14. The Kier molecular flexibility index (Phi) is 3.81. The average molecular weight is 352 g/mol. The number of nitrogens with one attached hydrogen (secondary N) is 2. The van der Waals surface area contributed by atoms with Gasteiger partial charge in [0.15, 0.2) is 0 Å². The standard InChI is InChI=1S/C17H16N6OS/c1-10-8-9-25-15(10)14-13(11(2)18-17-20-21-22-23(14)17)16(24)19-12-6-4-3-5-7-12/h3-9,14H,1-2H3,(H,19,24)(H,18,20,22)/t14-/m0/s1. The molecule has 1 amide bonds. The number of aryl methyl sites for hydroxylation is 1. The first-order valence-corrected chi connectivity index (χ1v) is 8.69. The van der Waals surface area contributed by atoms with Gasteiger partial charge >= 0.3 is 0 Å². The molecule has 7 nitrogen and oxygen atoms in total. The minimum atomic E-state index is -0.352. The van der Waals surface area contributed by atoms with Gasteiger partial charge in [-0.2, -0.15) is 4.68 Å². The summed E-state index contributed by atoms with van der Waals surface area (Å²) in [5.74, 6) is 0.363. The summed E-state index contributed by atoms with van der Waals surface area (Å²) in [4.78, 5) is 14.1. The fourth-order valence-corrected chi connectivity index (χ4v) is 3.95. The number of fused-ring (bicyclic) bond motifs is 1. The minimum absolute atomic E-state index is 0.171. The second-order valence-corrected chi connectivity index (χ2v) is 6.75. The summed E-state index contributed by atoms with van der Waals surface area (Å²) in [7, 11) is 0. The summed E-state index contributed by atoms with van der Waals surface area (Å²) < 4.78 is 1.66. The summed E-state index contributed by atoms with van der Waals surface area (Å²) in [5.41, 5.74) is 3.20. The van der Waals surface area contributed by atoms with Crippen molar-refractivity contribution >= 4 is 28.9 Å². The number of allylic oxidation sites excluding steroid dienone is 1. The molecule has 0 spiro atoms. The van der Waals surface area contributed by atoms with Crippen LogP contribution in [0.1, 0.15) is 23.4 Å². The number of rotatable bonds is 3. The van der Waals surface area contributed by atoms with Gasteiger partial charge in [0.2, 0.25) is 5.95 Å². The van der Waals surface area contributed by atoms with Crippen LogP contribution in [0.3, 0.4) is 0 Å². The van der Waals surface area contributed by atoms with E-state index < -0.39 is 0 Å². The number of tetrazole rings is 1. The monoisotopic (exact) mass is 352 g/mol. The van der Waals surface area contributed by atoms with Crippen molar-refractivity contribution in [2.24, 2.45) is 0 Å². The molecule has 0 bridgehead atoms. The van der Waals surface area contributed by atoms with Gasteiger partial charge in [0, 0.05) is 16.3 Å². The number of anilines is 2. The molecule has 0 saturated heterocycles. The Morgan fingerprint density at radius 2 is 2.04 bits per heavy atom. The maximum atomic E-state index is 13.0. The summed E-state index contributed by atoms with van der Waals surface area (Å²) in [6.45, 7) is 3.90. The number of aromatic nitrogens is 4. The largest absolute Gasteiger partial charge is 0.326 e. The van der Waals surface area contributed by atoms with Crippen molar-refractivity contribution in [1.29, 1.82) is 0 Å². The van der Waals surface area contributed by atoms with Crippen molar-refractivity contribution in [3.05, 3.63) is 63.5 Å². The topological polar surface area (TPSA) is 84.7 Å². The predicted octanol–water partition coefficient (Wildman–Crippen LogP) is 2.97. The summed E-state index contributed by atoms with van der Waals surface area (Å²) in [6.07, 6.45) is 0. The summed E-state index contributed by atoms with van der Waals surface area (Å²) in [6, 6.07) is 11.1. The fraction of sp³-hybridized carbons (Fsp3) is 0.176. The van der Waals surface area contributed by atoms with E-state index in [1.807, 2.05) is 55.6 Å². The molecule has 0 aliphatic carbocycles. The van der Waals surface area contributed by atoms with Crippen LogP contribution in [0.5, 0.6) is 0 Å². The van der Waals surface area contributed by atoms with Crippen molar-refractivity contribution in [2.45, 2.75) is 19.9 Å². The molecule has 4 rings (SSSR count). The van der Waals surface area contributed by atoms with Crippen molar-refractivity contribution in [3.8, 4) is 0 Å². The van der Waals surface area contributed by atoms with E-state index in [0.717, 1.165) is 21.8 Å². The number of para-hydroxylation sites is 1. The molecule has 0 radical (unpaired) electrons. The van der Waals surface area contributed by atoms with Crippen LogP contribution in [0.15, 0.2) is 53.0 Å². The Hall–Kier alpha value is -3.00. The number of carbonyl (C=O) groups is 1. The number of amides is 1. The smallest absolute Gasteiger partial charge is 0.255 e. The van der Waals surface area contributed by atoms with E-state index in [9.17, 15) is 4.79 Å². The lowest BCUT2D eigenvalue weighted by Crippen LogP contribution is -2.31. The number of benzene rings is 1. The van der Waals surface area contributed by atoms with Gasteiger partial charge in [-0.3, -0.25) is 4.79 Å². The molecular weight excluding hydrogens is 336 g/mol. The quantitative estimate of drug-likeness (QED) is 0.757. The molecular formula is C17H16N6OS. The van der Waals surface area contributed by atoms with Gasteiger partial charge in [-0.15, -0.1) is 11.3 Å². The maximum Gasteiger partial charge on any atom is 0.255 e. The normalized spacial score (nSPS) is 16.3. The number of nitrogens with zero attached hydrogens (tertiary/aromatic N) is 4. The van der Waals surface area contributed by atoms with Crippen molar-refractivity contribution in [3.63, 3.8) is 0 Å². The van der Waals surface area contributed by atoms with Crippen molar-refractivity contribution < 1.29 is 4.79 Å². The summed E-state index contributed by atoms with van der Waals surface area (Å²) >= 11 is 1.59. The van der Waals surface area contributed by atoms with Crippen LogP contribution in [-0.2, 0) is 4.79 Å². The van der Waals surface area contributed by atoms with Crippen LogP contribution >= 0.6 is 11.3 Å². The highest BCUT2D eigenvalue weighted by molar-refractivity contribution is 7.10. The van der Waals surface area contributed by atoms with Gasteiger partial charge in [-0.1, -0.05) is 23.3 Å². The molecule has 8 heteroatoms. The molecule has 3 heterocycles. The Labute approximate surface area is 148 Å². The predicted molar refractivity (Wildman–Crippen MR) is 96.4 cm³/mol. The first kappa shape index (κ1) is 15.5. The average Bonchev–Trinajstić information content (AvgIpc) is 3.23. The van der Waals surface area contributed by atoms with Gasteiger partial charge < -0.3 is 10.6 Å². The highest BCUT2D eigenvalue weighted by Gasteiger charge is 2.35. The van der Waals surface area contributed by atoms with Crippen molar-refractivity contribution in [2.75, 3.05) is 10.6 Å². The number of thiophene rings is 1. The minimum Gasteiger partial charge on any atom is -0.326 e. The Morgan fingerprint density at radius 3 is 2.76 bits per heavy atom. The fourth-order valence-electron chi connectivity index (χ4n) is 2.93. The molecule has 3 aromatic rings. The van der Waals surface area contributed by atoms with Crippen LogP contribution in [0.2, 0.25) is 0 Å². The zero-order chi connectivity index (χ0) is 17.4. The lowest BCUT2D eigenvalue weighted by molar-refractivity contribution is -0.113. The first-order valence-electron chi connectivity index (χ1n) is 7.81. The van der Waals surface area contributed by atoms with Gasteiger partial charge in [-0.05, 0) is 53.4 Å². The van der Waals surface area contributed by atoms with Crippen LogP contribution in [0.4, 0.5) is 11.6 Å². The number of hydrogen-bond acceptors (Lipinski definition) is 6. The molecule has 1 aliphatic heterocycles. The zero-order valence-electron chi connectivity index (χ0n) is 13.7. The second kappa shape index (κ2) is 6.14. The van der Waals surface area contributed by atoms with Gasteiger partial charge in [0.05, 0.1) is 5.57 Å². The molecule has 0 saturated carbocycles. The molecule has 2 aromatic heterocycles.